The summed E-state index contributed by atoms with van der Waals surface area (Å²) in [7, 11) is 1.59. The van der Waals surface area contributed by atoms with Crippen molar-refractivity contribution in [2.45, 2.75) is 11.8 Å². The largest absolute Gasteiger partial charge is 0.457 e. The van der Waals surface area contributed by atoms with Crippen LogP contribution in [0, 0.1) is 0 Å². The van der Waals surface area contributed by atoms with Crippen molar-refractivity contribution >= 4 is 33.4 Å². The molecule has 90 valence electrons. The second-order valence-electron chi connectivity index (χ2n) is 3.21. The van der Waals surface area contributed by atoms with Gasteiger partial charge in [0.25, 0.3) is 5.91 Å². The van der Waals surface area contributed by atoms with E-state index in [0.29, 0.717) is 29.8 Å². The maximum absolute atomic E-state index is 11.6. The molecule has 1 aromatic rings. The number of carbonyl (C=O) groups is 1. The molecule has 0 saturated carbocycles. The summed E-state index contributed by atoms with van der Waals surface area (Å²) >= 11 is 9.06. The number of amides is 1. The molecule has 0 radical (unpaired) electrons. The number of ether oxygens (including phenoxy) is 1. The van der Waals surface area contributed by atoms with Crippen molar-refractivity contribution < 1.29 is 13.9 Å². The van der Waals surface area contributed by atoms with Crippen LogP contribution in [0.5, 0.6) is 0 Å². The number of rotatable bonds is 6. The lowest BCUT2D eigenvalue weighted by atomic mass is 10.3. The van der Waals surface area contributed by atoms with E-state index in [0.717, 1.165) is 0 Å². The molecule has 0 spiro atoms. The first-order valence-electron chi connectivity index (χ1n) is 4.79. The molecule has 1 N–H and O–H groups in total. The summed E-state index contributed by atoms with van der Waals surface area (Å²) in [6.45, 7) is 0.987. The molecule has 1 amide bonds. The van der Waals surface area contributed by atoms with Gasteiger partial charge in [0.2, 0.25) is 0 Å². The Labute approximate surface area is 107 Å². The normalized spacial score (nSPS) is 12.4. The summed E-state index contributed by atoms with van der Waals surface area (Å²) in [6, 6.07) is 1.60. The lowest BCUT2D eigenvalue weighted by Gasteiger charge is -2.08. The number of nitrogens with one attached hydrogen (secondary N) is 1. The Balaban J connectivity index is 2.29. The van der Waals surface area contributed by atoms with Crippen molar-refractivity contribution in [1.29, 1.82) is 0 Å². The molecule has 0 aliphatic carbocycles. The minimum atomic E-state index is -0.179. The Morgan fingerprint density at radius 1 is 1.75 bits per heavy atom. The van der Waals surface area contributed by atoms with Crippen LogP contribution in [0.4, 0.5) is 0 Å². The van der Waals surface area contributed by atoms with Gasteiger partial charge >= 0.3 is 0 Å². The minimum absolute atomic E-state index is 0.0851. The number of halogens is 2. The third-order valence-electron chi connectivity index (χ3n) is 1.95. The standard InChI is InChI=1S/C10H13BrClNO3/c1-15-6-7(12)2-4-13-10(14)8-3-5-16-9(8)11/h3,5,7H,2,4,6H2,1H3,(H,13,14). The third kappa shape index (κ3) is 4.15. The number of methoxy groups -OCH3 is 1. The molecule has 1 unspecified atom stereocenters. The molecule has 16 heavy (non-hydrogen) atoms. The quantitative estimate of drug-likeness (QED) is 0.821. The molecule has 4 nitrogen and oxygen atoms in total. The van der Waals surface area contributed by atoms with Crippen LogP contribution in [0.25, 0.3) is 0 Å². The summed E-state index contributed by atoms with van der Waals surface area (Å²) in [5.74, 6) is -0.179. The predicted octanol–water partition coefficient (Wildman–Crippen LogP) is 2.42. The van der Waals surface area contributed by atoms with E-state index in [9.17, 15) is 4.79 Å². The lowest BCUT2D eigenvalue weighted by Crippen LogP contribution is -2.26. The second kappa shape index (κ2) is 6.93. The molecule has 6 heteroatoms. The average molecular weight is 311 g/mol. The smallest absolute Gasteiger partial charge is 0.255 e. The van der Waals surface area contributed by atoms with Crippen molar-refractivity contribution in [1.82, 2.24) is 5.32 Å². The first kappa shape index (κ1) is 13.5. The predicted molar refractivity (Wildman–Crippen MR) is 64.9 cm³/mol. The van der Waals surface area contributed by atoms with Gasteiger partial charge in [-0.15, -0.1) is 11.6 Å². The monoisotopic (exact) mass is 309 g/mol. The molecule has 0 saturated heterocycles. The number of furan rings is 1. The van der Waals surface area contributed by atoms with Gasteiger partial charge in [-0.25, -0.2) is 0 Å². The second-order valence-corrected chi connectivity index (χ2v) is 4.54. The molecular weight excluding hydrogens is 297 g/mol. The Bertz CT molecular complexity index is 343. The number of hydrogen-bond acceptors (Lipinski definition) is 3. The van der Waals surface area contributed by atoms with E-state index in [4.69, 9.17) is 20.8 Å². The molecule has 0 aliphatic heterocycles. The van der Waals surface area contributed by atoms with Gasteiger partial charge in [-0.2, -0.15) is 0 Å². The van der Waals surface area contributed by atoms with Crippen LogP contribution in [0.15, 0.2) is 21.4 Å². The number of hydrogen-bond donors (Lipinski definition) is 1. The zero-order chi connectivity index (χ0) is 12.0. The summed E-state index contributed by atoms with van der Waals surface area (Å²) in [5, 5.41) is 2.66. The van der Waals surface area contributed by atoms with E-state index in [1.807, 2.05) is 0 Å². The Kier molecular flexibility index (Phi) is 5.87. The van der Waals surface area contributed by atoms with Gasteiger partial charge in [-0.1, -0.05) is 0 Å². The van der Waals surface area contributed by atoms with E-state index in [1.54, 1.807) is 13.2 Å². The highest BCUT2D eigenvalue weighted by Gasteiger charge is 2.12. The Morgan fingerprint density at radius 3 is 3.06 bits per heavy atom. The van der Waals surface area contributed by atoms with Crippen LogP contribution in [-0.2, 0) is 4.74 Å². The van der Waals surface area contributed by atoms with Crippen LogP contribution in [0.3, 0.4) is 0 Å². The minimum Gasteiger partial charge on any atom is -0.457 e. The zero-order valence-corrected chi connectivity index (χ0v) is 11.2. The van der Waals surface area contributed by atoms with Gasteiger partial charge in [0.15, 0.2) is 4.67 Å². The van der Waals surface area contributed by atoms with Gasteiger partial charge in [0.05, 0.1) is 23.8 Å². The fourth-order valence-electron chi connectivity index (χ4n) is 1.16. The van der Waals surface area contributed by atoms with Crippen LogP contribution < -0.4 is 5.32 Å². The van der Waals surface area contributed by atoms with E-state index in [1.165, 1.54) is 6.26 Å². The third-order valence-corrected chi connectivity index (χ3v) is 2.91. The van der Waals surface area contributed by atoms with Crippen LogP contribution >= 0.6 is 27.5 Å². The summed E-state index contributed by atoms with van der Waals surface area (Å²) < 4.78 is 10.3. The van der Waals surface area contributed by atoms with E-state index < -0.39 is 0 Å². The average Bonchev–Trinajstić information content (AvgIpc) is 2.64. The highest BCUT2D eigenvalue weighted by atomic mass is 79.9. The van der Waals surface area contributed by atoms with Crippen molar-refractivity contribution in [3.8, 4) is 0 Å². The first-order valence-corrected chi connectivity index (χ1v) is 6.02. The molecule has 1 aromatic heterocycles. The highest BCUT2D eigenvalue weighted by molar-refractivity contribution is 9.10. The molecule has 1 heterocycles. The van der Waals surface area contributed by atoms with Crippen LogP contribution in [-0.4, -0.2) is 31.5 Å². The number of carbonyl (C=O) groups excluding carboxylic acids is 1. The van der Waals surface area contributed by atoms with Crippen molar-refractivity contribution in [3.05, 3.63) is 22.6 Å². The molecule has 0 aliphatic rings. The maximum atomic E-state index is 11.6. The van der Waals surface area contributed by atoms with Crippen molar-refractivity contribution in [2.75, 3.05) is 20.3 Å². The summed E-state index contributed by atoms with van der Waals surface area (Å²) in [5.41, 5.74) is 0.484. The van der Waals surface area contributed by atoms with E-state index >= 15 is 0 Å². The fraction of sp³-hybridized carbons (Fsp3) is 0.500. The summed E-state index contributed by atoms with van der Waals surface area (Å²) in [6.07, 6.45) is 2.12. The molecular formula is C10H13BrClNO3. The molecule has 0 bridgehead atoms. The van der Waals surface area contributed by atoms with E-state index in [2.05, 4.69) is 21.2 Å². The maximum Gasteiger partial charge on any atom is 0.255 e. The SMILES string of the molecule is COCC(Cl)CCNC(=O)c1ccoc1Br. The van der Waals surface area contributed by atoms with Crippen LogP contribution in [0.2, 0.25) is 0 Å². The molecule has 1 atom stereocenters. The van der Waals surface area contributed by atoms with Gasteiger partial charge < -0.3 is 14.5 Å². The highest BCUT2D eigenvalue weighted by Crippen LogP contribution is 2.17. The first-order chi connectivity index (χ1) is 7.65. The molecule has 0 fully saturated rings. The van der Waals surface area contributed by atoms with Crippen molar-refractivity contribution in [3.63, 3.8) is 0 Å². The van der Waals surface area contributed by atoms with Gasteiger partial charge in [-0.05, 0) is 28.4 Å². The van der Waals surface area contributed by atoms with Crippen molar-refractivity contribution in [2.24, 2.45) is 0 Å². The van der Waals surface area contributed by atoms with E-state index in [-0.39, 0.29) is 11.3 Å². The van der Waals surface area contributed by atoms with Gasteiger partial charge in [-0.3, -0.25) is 4.79 Å². The van der Waals surface area contributed by atoms with Gasteiger partial charge in [0.1, 0.15) is 0 Å². The van der Waals surface area contributed by atoms with Crippen LogP contribution in [0.1, 0.15) is 16.8 Å². The molecule has 0 aromatic carbocycles. The zero-order valence-electron chi connectivity index (χ0n) is 8.83. The molecule has 1 rings (SSSR count). The van der Waals surface area contributed by atoms with Gasteiger partial charge in [0, 0.05) is 13.7 Å². The summed E-state index contributed by atoms with van der Waals surface area (Å²) in [4.78, 5) is 11.6. The Hall–Kier alpha value is -0.520. The lowest BCUT2D eigenvalue weighted by molar-refractivity contribution is 0.0950. The Morgan fingerprint density at radius 2 is 2.50 bits per heavy atom. The number of alkyl halides is 1. The topological polar surface area (TPSA) is 51.5 Å². The fourth-order valence-corrected chi connectivity index (χ4v) is 1.81.